The minimum Gasteiger partial charge on any atom is -0.394 e. The van der Waals surface area contributed by atoms with Gasteiger partial charge in [-0.2, -0.15) is 13.2 Å². The Labute approximate surface area is 253 Å². The Morgan fingerprint density at radius 1 is 0.955 bits per heavy atom. The molecule has 0 atom stereocenters. The molecule has 0 spiro atoms. The van der Waals surface area contributed by atoms with Crippen LogP contribution in [0.1, 0.15) is 64.4 Å². The number of nitrogens with zero attached hydrogens (tertiary/aromatic N) is 2. The average Bonchev–Trinajstić information content (AvgIpc) is 3.62. The lowest BCUT2D eigenvalue weighted by Crippen LogP contribution is -2.39. The number of amides is 2. The van der Waals surface area contributed by atoms with Gasteiger partial charge in [0.15, 0.2) is 5.65 Å². The number of hydrogen-bond acceptors (Lipinski definition) is 5. The molecule has 232 valence electrons. The number of rotatable bonds is 11. The number of anilines is 1. The van der Waals surface area contributed by atoms with Crippen molar-refractivity contribution in [1.82, 2.24) is 20.0 Å². The number of hydrogen-bond donors (Lipinski definition) is 4. The van der Waals surface area contributed by atoms with E-state index in [1.54, 1.807) is 30.5 Å². The van der Waals surface area contributed by atoms with E-state index in [2.05, 4.69) is 20.9 Å². The van der Waals surface area contributed by atoms with Crippen LogP contribution < -0.4 is 16.0 Å². The van der Waals surface area contributed by atoms with E-state index in [-0.39, 0.29) is 25.0 Å². The number of nitrogens with one attached hydrogen (secondary N) is 3. The van der Waals surface area contributed by atoms with Gasteiger partial charge in [0.25, 0.3) is 11.8 Å². The Bertz CT molecular complexity index is 1710. The van der Waals surface area contributed by atoms with Crippen molar-refractivity contribution >= 4 is 23.1 Å². The highest BCUT2D eigenvalue weighted by Gasteiger charge is 2.43. The summed E-state index contributed by atoms with van der Waals surface area (Å²) in [6, 6.07) is 12.6. The average molecular weight is 608 g/mol. The quantitative estimate of drug-likeness (QED) is 0.166. The van der Waals surface area contributed by atoms with Crippen LogP contribution in [-0.2, 0) is 0 Å². The van der Waals surface area contributed by atoms with Gasteiger partial charge in [-0.3, -0.25) is 14.0 Å². The Hall–Kier alpha value is -4.38. The highest BCUT2D eigenvalue weighted by Crippen LogP contribution is 2.36. The van der Waals surface area contributed by atoms with Crippen molar-refractivity contribution in [1.29, 1.82) is 0 Å². The molecule has 1 aliphatic carbocycles. The van der Waals surface area contributed by atoms with Gasteiger partial charge >= 0.3 is 6.18 Å². The van der Waals surface area contributed by atoms with Gasteiger partial charge in [0, 0.05) is 41.5 Å². The molecule has 0 saturated heterocycles. The molecule has 8 nitrogen and oxygen atoms in total. The fourth-order valence-electron chi connectivity index (χ4n) is 5.22. The van der Waals surface area contributed by atoms with E-state index >= 15 is 0 Å². The highest BCUT2D eigenvalue weighted by atomic mass is 19.4. The number of halogens is 3. The molecule has 1 saturated carbocycles. The first-order chi connectivity index (χ1) is 20.9. The van der Waals surface area contributed by atoms with E-state index < -0.39 is 18.1 Å². The van der Waals surface area contributed by atoms with E-state index in [1.165, 1.54) is 0 Å². The van der Waals surface area contributed by atoms with Crippen molar-refractivity contribution < 1.29 is 27.9 Å². The number of alkyl halides is 3. The van der Waals surface area contributed by atoms with E-state index in [9.17, 15) is 27.9 Å². The molecular formula is C33H36F3N5O3. The number of carbonyl (C=O) groups is 2. The first kappa shape index (κ1) is 31.1. The molecule has 2 aromatic carbocycles. The first-order valence-electron chi connectivity index (χ1n) is 14.7. The fraction of sp³-hybridized carbons (Fsp3) is 0.364. The number of fused-ring (bicyclic) bond motifs is 1. The Balaban J connectivity index is 1.53. The summed E-state index contributed by atoms with van der Waals surface area (Å²) in [5.41, 5.74) is 5.88. The van der Waals surface area contributed by atoms with Crippen LogP contribution in [0.2, 0.25) is 0 Å². The lowest BCUT2D eigenvalue weighted by molar-refractivity contribution is -0.131. The van der Waals surface area contributed by atoms with Crippen LogP contribution in [0.15, 0.2) is 54.9 Å². The van der Waals surface area contributed by atoms with Gasteiger partial charge in [-0.05, 0) is 74.1 Å². The molecule has 0 aliphatic heterocycles. The number of aliphatic hydroxyl groups is 1. The van der Waals surface area contributed by atoms with Crippen LogP contribution in [0.25, 0.3) is 28.0 Å². The van der Waals surface area contributed by atoms with Crippen molar-refractivity contribution in [3.05, 3.63) is 77.1 Å². The van der Waals surface area contributed by atoms with Crippen molar-refractivity contribution in [2.45, 2.75) is 58.2 Å². The fourth-order valence-corrected chi connectivity index (χ4v) is 5.22. The van der Waals surface area contributed by atoms with E-state index in [4.69, 9.17) is 0 Å². The maximum Gasteiger partial charge on any atom is 0.390 e. The third kappa shape index (κ3) is 6.72. The summed E-state index contributed by atoms with van der Waals surface area (Å²) in [5.74, 6) is -0.409. The minimum absolute atomic E-state index is 0.110. The van der Waals surface area contributed by atoms with Gasteiger partial charge in [-0.1, -0.05) is 25.1 Å². The van der Waals surface area contributed by atoms with E-state index in [0.717, 1.165) is 41.5 Å². The summed E-state index contributed by atoms with van der Waals surface area (Å²) < 4.78 is 40.8. The predicted octanol–water partition coefficient (Wildman–Crippen LogP) is 6.04. The number of carbonyl (C=O) groups excluding carboxylic acids is 2. The number of aromatic nitrogens is 2. The standard InChI is InChI=1S/C33H36F3N5O3/c1-4-12-38-30(43)25-8-6-23(15-21(25)3)28-17-39-29-27(37-13-11-33(34,35)36)16-24(18-41(28)29)22-5-7-26(20(2)14-22)31(44)40-32(19-42)9-10-32/h5-8,14-18,37,42H,4,9-13,19H2,1-3H3,(H,38,43)(H,40,44). The van der Waals surface area contributed by atoms with Crippen LogP contribution in [0.5, 0.6) is 0 Å². The lowest BCUT2D eigenvalue weighted by Gasteiger charge is -2.17. The number of aliphatic hydroxyl groups excluding tert-OH is 1. The van der Waals surface area contributed by atoms with Crippen LogP contribution in [0.4, 0.5) is 18.9 Å². The Kier molecular flexibility index (Phi) is 8.69. The molecule has 1 aliphatic rings. The summed E-state index contributed by atoms with van der Waals surface area (Å²) in [7, 11) is 0. The van der Waals surface area contributed by atoms with Gasteiger partial charge in [0.05, 0.1) is 36.1 Å². The van der Waals surface area contributed by atoms with Crippen molar-refractivity contribution in [3.63, 3.8) is 0 Å². The second kappa shape index (κ2) is 12.3. The molecule has 2 amide bonds. The van der Waals surface area contributed by atoms with E-state index in [0.29, 0.717) is 40.3 Å². The summed E-state index contributed by atoms with van der Waals surface area (Å²) in [6.07, 6.45) is 0.501. The largest absolute Gasteiger partial charge is 0.394 e. The Morgan fingerprint density at radius 2 is 1.61 bits per heavy atom. The van der Waals surface area contributed by atoms with Crippen LogP contribution in [0, 0.1) is 13.8 Å². The van der Waals surface area contributed by atoms with Gasteiger partial charge in [0.2, 0.25) is 0 Å². The van der Waals surface area contributed by atoms with Crippen LogP contribution >= 0.6 is 0 Å². The number of aryl methyl sites for hydroxylation is 2. The zero-order valence-electron chi connectivity index (χ0n) is 24.9. The van der Waals surface area contributed by atoms with Gasteiger partial charge in [0.1, 0.15) is 0 Å². The smallest absolute Gasteiger partial charge is 0.390 e. The van der Waals surface area contributed by atoms with Gasteiger partial charge < -0.3 is 21.1 Å². The third-order valence-electron chi connectivity index (χ3n) is 7.97. The topological polar surface area (TPSA) is 108 Å². The molecule has 0 bridgehead atoms. The van der Waals surface area contributed by atoms with Gasteiger partial charge in [-0.25, -0.2) is 4.98 Å². The van der Waals surface area contributed by atoms with Crippen LogP contribution in [-0.4, -0.2) is 57.7 Å². The number of pyridine rings is 1. The molecule has 11 heteroatoms. The first-order valence-corrected chi connectivity index (χ1v) is 14.7. The molecule has 0 radical (unpaired) electrons. The molecular weight excluding hydrogens is 571 g/mol. The number of imidazole rings is 1. The second-order valence-electron chi connectivity index (χ2n) is 11.5. The molecule has 2 aromatic heterocycles. The monoisotopic (exact) mass is 607 g/mol. The molecule has 0 unspecified atom stereocenters. The second-order valence-corrected chi connectivity index (χ2v) is 11.5. The lowest BCUT2D eigenvalue weighted by atomic mass is 9.99. The van der Waals surface area contributed by atoms with Crippen molar-refractivity contribution in [3.8, 4) is 22.4 Å². The summed E-state index contributed by atoms with van der Waals surface area (Å²) >= 11 is 0. The highest BCUT2D eigenvalue weighted by molar-refractivity contribution is 5.97. The Morgan fingerprint density at radius 3 is 2.23 bits per heavy atom. The summed E-state index contributed by atoms with van der Waals surface area (Å²) in [5, 5.41) is 18.3. The van der Waals surface area contributed by atoms with Gasteiger partial charge in [-0.15, -0.1) is 0 Å². The molecule has 4 aromatic rings. The maximum absolute atomic E-state index is 13.0. The predicted molar refractivity (Wildman–Crippen MR) is 164 cm³/mol. The normalized spacial score (nSPS) is 14.0. The summed E-state index contributed by atoms with van der Waals surface area (Å²) in [4.78, 5) is 30.0. The zero-order valence-corrected chi connectivity index (χ0v) is 24.9. The minimum atomic E-state index is -4.31. The molecule has 4 N–H and O–H groups in total. The zero-order chi connectivity index (χ0) is 31.6. The van der Waals surface area contributed by atoms with E-state index in [1.807, 2.05) is 49.6 Å². The van der Waals surface area contributed by atoms with Crippen molar-refractivity contribution in [2.24, 2.45) is 0 Å². The van der Waals surface area contributed by atoms with Crippen molar-refractivity contribution in [2.75, 3.05) is 25.0 Å². The molecule has 5 rings (SSSR count). The molecule has 44 heavy (non-hydrogen) atoms. The van der Waals surface area contributed by atoms with Crippen LogP contribution in [0.3, 0.4) is 0 Å². The SMILES string of the molecule is CCCNC(=O)c1ccc(-c2cnc3c(NCCC(F)(F)F)cc(-c4ccc(C(=O)NC5(CO)CC5)c(C)c4)cn23)cc1C. The summed E-state index contributed by atoms with van der Waals surface area (Å²) in [6.45, 7) is 5.80. The maximum atomic E-state index is 13.0. The molecule has 1 fully saturated rings. The third-order valence-corrected chi connectivity index (χ3v) is 7.97. The molecule has 2 heterocycles. The number of benzene rings is 2.